The van der Waals surface area contributed by atoms with Gasteiger partial charge in [-0.1, -0.05) is 0 Å². The molecule has 0 unspecified atom stereocenters. The summed E-state index contributed by atoms with van der Waals surface area (Å²) in [6.45, 7) is 2.04. The number of hydrogen-bond acceptors (Lipinski definition) is 2. The molecule has 5 heteroatoms. The second-order valence-electron chi connectivity index (χ2n) is 2.94. The molecule has 0 spiro atoms. The van der Waals surface area contributed by atoms with Gasteiger partial charge in [0.25, 0.3) is 6.43 Å². The van der Waals surface area contributed by atoms with Crippen molar-refractivity contribution in [2.75, 3.05) is 6.54 Å². The zero-order valence-corrected chi connectivity index (χ0v) is 7.72. The van der Waals surface area contributed by atoms with E-state index in [9.17, 15) is 8.78 Å². The number of aryl methyl sites for hydroxylation is 2. The molecular formula is C8H13F2N3. The highest BCUT2D eigenvalue weighted by Crippen LogP contribution is 2.03. The highest BCUT2D eigenvalue weighted by atomic mass is 19.3. The highest BCUT2D eigenvalue weighted by molar-refractivity contribution is 5.14. The summed E-state index contributed by atoms with van der Waals surface area (Å²) in [7, 11) is 1.81. The lowest BCUT2D eigenvalue weighted by Gasteiger charge is -2.01. The maximum Gasteiger partial charge on any atom is 0.250 e. The SMILES string of the molecule is Cc1nn(C)cc1CNCC(F)F. The third kappa shape index (κ3) is 3.10. The van der Waals surface area contributed by atoms with E-state index in [0.29, 0.717) is 6.54 Å². The van der Waals surface area contributed by atoms with Gasteiger partial charge < -0.3 is 5.32 Å². The summed E-state index contributed by atoms with van der Waals surface area (Å²) in [5.41, 5.74) is 1.84. The Bertz CT molecular complexity index is 270. The Labute approximate surface area is 75.7 Å². The summed E-state index contributed by atoms with van der Waals surface area (Å²) in [5, 5.41) is 6.75. The average Bonchev–Trinajstić information content (AvgIpc) is 2.29. The summed E-state index contributed by atoms with van der Waals surface area (Å²) in [4.78, 5) is 0. The first-order valence-electron chi connectivity index (χ1n) is 4.07. The third-order valence-corrected chi connectivity index (χ3v) is 1.73. The maximum absolute atomic E-state index is 11.8. The first kappa shape index (κ1) is 10.1. The van der Waals surface area contributed by atoms with E-state index in [1.165, 1.54) is 0 Å². The second-order valence-corrected chi connectivity index (χ2v) is 2.94. The van der Waals surface area contributed by atoms with Crippen molar-refractivity contribution in [3.63, 3.8) is 0 Å². The molecule has 0 saturated carbocycles. The monoisotopic (exact) mass is 189 g/mol. The van der Waals surface area contributed by atoms with E-state index in [0.717, 1.165) is 11.3 Å². The van der Waals surface area contributed by atoms with Crippen LogP contribution in [0.1, 0.15) is 11.3 Å². The Morgan fingerprint density at radius 3 is 2.77 bits per heavy atom. The van der Waals surface area contributed by atoms with Gasteiger partial charge in [0.1, 0.15) is 0 Å². The van der Waals surface area contributed by atoms with Gasteiger partial charge in [-0.2, -0.15) is 5.10 Å². The van der Waals surface area contributed by atoms with E-state index in [4.69, 9.17) is 0 Å². The molecule has 0 amide bonds. The molecule has 74 valence electrons. The topological polar surface area (TPSA) is 29.9 Å². The Hall–Kier alpha value is -0.970. The summed E-state index contributed by atoms with van der Waals surface area (Å²) in [6.07, 6.45) is -0.467. The second kappa shape index (κ2) is 4.32. The number of nitrogens with one attached hydrogen (secondary N) is 1. The van der Waals surface area contributed by atoms with Crippen molar-refractivity contribution in [2.45, 2.75) is 19.9 Å². The van der Waals surface area contributed by atoms with Crippen molar-refractivity contribution < 1.29 is 8.78 Å². The van der Waals surface area contributed by atoms with Gasteiger partial charge in [-0.05, 0) is 6.92 Å². The molecule has 1 heterocycles. The van der Waals surface area contributed by atoms with Gasteiger partial charge in [0.2, 0.25) is 0 Å². The molecule has 0 fully saturated rings. The van der Waals surface area contributed by atoms with Crippen molar-refractivity contribution in [1.29, 1.82) is 0 Å². The molecule has 1 aromatic rings. The molecule has 0 saturated heterocycles. The van der Waals surface area contributed by atoms with Crippen LogP contribution in [0.5, 0.6) is 0 Å². The van der Waals surface area contributed by atoms with Crippen LogP contribution in [-0.4, -0.2) is 22.8 Å². The number of rotatable bonds is 4. The van der Waals surface area contributed by atoms with E-state index in [1.807, 2.05) is 20.2 Å². The van der Waals surface area contributed by atoms with Crippen molar-refractivity contribution >= 4 is 0 Å². The summed E-state index contributed by atoms with van der Waals surface area (Å²) in [6, 6.07) is 0. The Kier molecular flexibility index (Phi) is 3.36. The van der Waals surface area contributed by atoms with Crippen LogP contribution in [0.2, 0.25) is 0 Å². The molecule has 0 aliphatic heterocycles. The van der Waals surface area contributed by atoms with Crippen LogP contribution >= 0.6 is 0 Å². The predicted octanol–water partition coefficient (Wildman–Crippen LogP) is 1.08. The van der Waals surface area contributed by atoms with Crippen molar-refractivity contribution in [2.24, 2.45) is 7.05 Å². The third-order valence-electron chi connectivity index (χ3n) is 1.73. The quantitative estimate of drug-likeness (QED) is 0.768. The zero-order valence-electron chi connectivity index (χ0n) is 7.72. The van der Waals surface area contributed by atoms with Crippen LogP contribution < -0.4 is 5.32 Å². The fourth-order valence-corrected chi connectivity index (χ4v) is 1.14. The fourth-order valence-electron chi connectivity index (χ4n) is 1.14. The molecule has 0 bridgehead atoms. The molecule has 13 heavy (non-hydrogen) atoms. The Balaban J connectivity index is 2.40. The molecule has 0 aliphatic rings. The number of aromatic nitrogens is 2. The van der Waals surface area contributed by atoms with Gasteiger partial charge in [0, 0.05) is 25.4 Å². The Morgan fingerprint density at radius 2 is 2.31 bits per heavy atom. The molecule has 3 nitrogen and oxygen atoms in total. The highest BCUT2D eigenvalue weighted by Gasteiger charge is 2.04. The van der Waals surface area contributed by atoms with Crippen LogP contribution in [0.15, 0.2) is 6.20 Å². The molecule has 0 atom stereocenters. The van der Waals surface area contributed by atoms with Crippen molar-refractivity contribution in [3.8, 4) is 0 Å². The van der Waals surface area contributed by atoms with Gasteiger partial charge in [0.05, 0.1) is 12.2 Å². The molecule has 1 aromatic heterocycles. The van der Waals surface area contributed by atoms with E-state index in [2.05, 4.69) is 10.4 Å². The van der Waals surface area contributed by atoms with E-state index < -0.39 is 6.43 Å². The van der Waals surface area contributed by atoms with E-state index in [-0.39, 0.29) is 6.54 Å². The summed E-state index contributed by atoms with van der Waals surface area (Å²) >= 11 is 0. The standard InChI is InChI=1S/C8H13F2N3/c1-6-7(5-13(2)12-6)3-11-4-8(9)10/h5,8,11H,3-4H2,1-2H3. The first-order chi connectivity index (χ1) is 6.09. The summed E-state index contributed by atoms with van der Waals surface area (Å²) < 4.78 is 25.2. The van der Waals surface area contributed by atoms with Gasteiger partial charge >= 0.3 is 0 Å². The van der Waals surface area contributed by atoms with Gasteiger partial charge in [0.15, 0.2) is 0 Å². The van der Waals surface area contributed by atoms with E-state index >= 15 is 0 Å². The average molecular weight is 189 g/mol. The number of halogens is 2. The van der Waals surface area contributed by atoms with Gasteiger partial charge in [-0.25, -0.2) is 8.78 Å². The molecule has 1 rings (SSSR count). The number of hydrogen-bond donors (Lipinski definition) is 1. The lowest BCUT2D eigenvalue weighted by atomic mass is 10.2. The fraction of sp³-hybridized carbons (Fsp3) is 0.625. The van der Waals surface area contributed by atoms with Crippen LogP contribution in [0.3, 0.4) is 0 Å². The summed E-state index contributed by atoms with van der Waals surface area (Å²) in [5.74, 6) is 0. The van der Waals surface area contributed by atoms with E-state index in [1.54, 1.807) is 4.68 Å². The molecule has 0 aliphatic carbocycles. The van der Waals surface area contributed by atoms with Crippen molar-refractivity contribution in [1.82, 2.24) is 15.1 Å². The normalized spacial score (nSPS) is 11.2. The number of alkyl halides is 2. The lowest BCUT2D eigenvalue weighted by Crippen LogP contribution is -2.20. The minimum Gasteiger partial charge on any atom is -0.307 e. The zero-order chi connectivity index (χ0) is 9.84. The Morgan fingerprint density at radius 1 is 1.62 bits per heavy atom. The molecular weight excluding hydrogens is 176 g/mol. The number of nitrogens with zero attached hydrogens (tertiary/aromatic N) is 2. The molecule has 1 N–H and O–H groups in total. The molecule has 0 radical (unpaired) electrons. The van der Waals surface area contributed by atoms with Gasteiger partial charge in [-0.3, -0.25) is 4.68 Å². The minimum absolute atomic E-state index is 0.270. The molecule has 0 aromatic carbocycles. The van der Waals surface area contributed by atoms with Crippen LogP contribution in [-0.2, 0) is 13.6 Å². The largest absolute Gasteiger partial charge is 0.307 e. The van der Waals surface area contributed by atoms with Gasteiger partial charge in [-0.15, -0.1) is 0 Å². The van der Waals surface area contributed by atoms with Crippen LogP contribution in [0.4, 0.5) is 8.78 Å². The van der Waals surface area contributed by atoms with Crippen LogP contribution in [0, 0.1) is 6.92 Å². The predicted molar refractivity (Wildman–Crippen MR) is 45.7 cm³/mol. The van der Waals surface area contributed by atoms with Crippen LogP contribution in [0.25, 0.3) is 0 Å². The smallest absolute Gasteiger partial charge is 0.250 e. The maximum atomic E-state index is 11.8. The lowest BCUT2D eigenvalue weighted by molar-refractivity contribution is 0.145. The van der Waals surface area contributed by atoms with Crippen molar-refractivity contribution in [3.05, 3.63) is 17.5 Å². The minimum atomic E-state index is -2.29. The first-order valence-corrected chi connectivity index (χ1v) is 4.07.